The van der Waals surface area contributed by atoms with Crippen molar-refractivity contribution < 1.29 is 9.84 Å². The lowest BCUT2D eigenvalue weighted by atomic mass is 10.0. The second-order valence-electron chi connectivity index (χ2n) is 8.81. The Labute approximate surface area is 168 Å². The number of benzene rings is 1. The molecule has 0 radical (unpaired) electrons. The van der Waals surface area contributed by atoms with Crippen molar-refractivity contribution in [1.82, 2.24) is 9.88 Å². The summed E-state index contributed by atoms with van der Waals surface area (Å²) in [7, 11) is 0. The molecule has 0 spiro atoms. The number of aromatic nitrogens is 1. The van der Waals surface area contributed by atoms with Crippen LogP contribution in [0, 0.1) is 5.92 Å². The standard InChI is InChI=1S/C23H33N3O2/c1-15(2)24-23-17-11-16(3)12-19(17)25-20-14-22(21(27)13-18(20)23)28-10-6-9-26-7-4-5-8-26/h13-16,27H,4-12H2,1-3H3,(H,24,25). The van der Waals surface area contributed by atoms with Gasteiger partial charge in [-0.15, -0.1) is 0 Å². The van der Waals surface area contributed by atoms with Gasteiger partial charge in [0, 0.05) is 35.4 Å². The summed E-state index contributed by atoms with van der Waals surface area (Å²) in [6, 6.07) is 4.07. The van der Waals surface area contributed by atoms with Gasteiger partial charge in [-0.2, -0.15) is 0 Å². The number of phenolic OH excluding ortho intramolecular Hbond substituents is 1. The van der Waals surface area contributed by atoms with Gasteiger partial charge in [0.2, 0.25) is 0 Å². The van der Waals surface area contributed by atoms with E-state index in [9.17, 15) is 5.11 Å². The lowest BCUT2D eigenvalue weighted by Gasteiger charge is -2.18. The number of hydrogen-bond donors (Lipinski definition) is 2. The first-order valence-corrected chi connectivity index (χ1v) is 10.8. The number of rotatable bonds is 7. The Hall–Kier alpha value is -2.01. The van der Waals surface area contributed by atoms with Crippen molar-refractivity contribution in [2.24, 2.45) is 5.92 Å². The number of aromatic hydroxyl groups is 1. The predicted molar refractivity (Wildman–Crippen MR) is 115 cm³/mol. The summed E-state index contributed by atoms with van der Waals surface area (Å²) in [5.74, 6) is 1.36. The number of hydrogen-bond acceptors (Lipinski definition) is 5. The molecule has 1 atom stereocenters. The Morgan fingerprint density at radius 3 is 2.79 bits per heavy atom. The first-order valence-electron chi connectivity index (χ1n) is 10.8. The highest BCUT2D eigenvalue weighted by atomic mass is 16.5. The van der Waals surface area contributed by atoms with Crippen LogP contribution in [0.3, 0.4) is 0 Å². The SMILES string of the molecule is CC1Cc2nc3cc(OCCCN4CCCC4)c(O)cc3c(NC(C)C)c2C1. The smallest absolute Gasteiger partial charge is 0.163 e. The van der Waals surface area contributed by atoms with E-state index in [0.717, 1.165) is 42.4 Å². The topological polar surface area (TPSA) is 57.6 Å². The number of pyridine rings is 1. The fourth-order valence-corrected chi connectivity index (χ4v) is 4.56. The molecule has 2 N–H and O–H groups in total. The highest BCUT2D eigenvalue weighted by Crippen LogP contribution is 2.40. The van der Waals surface area contributed by atoms with Crippen LogP contribution < -0.4 is 10.1 Å². The van der Waals surface area contributed by atoms with Gasteiger partial charge < -0.3 is 20.1 Å². The lowest BCUT2D eigenvalue weighted by molar-refractivity contribution is 0.256. The molecule has 1 saturated heterocycles. The molecule has 1 aromatic carbocycles. The molecule has 1 aliphatic heterocycles. The molecule has 1 aliphatic carbocycles. The van der Waals surface area contributed by atoms with E-state index < -0.39 is 0 Å². The third-order valence-electron chi connectivity index (χ3n) is 5.85. The molecule has 2 aliphatic rings. The molecule has 28 heavy (non-hydrogen) atoms. The Morgan fingerprint density at radius 1 is 1.25 bits per heavy atom. The van der Waals surface area contributed by atoms with Gasteiger partial charge in [0.05, 0.1) is 12.1 Å². The van der Waals surface area contributed by atoms with Gasteiger partial charge in [-0.1, -0.05) is 6.92 Å². The van der Waals surface area contributed by atoms with E-state index >= 15 is 0 Å². The largest absolute Gasteiger partial charge is 0.504 e. The third kappa shape index (κ3) is 4.04. The summed E-state index contributed by atoms with van der Waals surface area (Å²) in [6.45, 7) is 10.7. The molecule has 0 amide bonds. The van der Waals surface area contributed by atoms with E-state index in [4.69, 9.17) is 9.72 Å². The lowest BCUT2D eigenvalue weighted by Crippen LogP contribution is -2.21. The van der Waals surface area contributed by atoms with Crippen molar-refractivity contribution in [1.29, 1.82) is 0 Å². The second-order valence-corrected chi connectivity index (χ2v) is 8.81. The van der Waals surface area contributed by atoms with E-state index in [1.807, 2.05) is 12.1 Å². The number of ether oxygens (including phenoxy) is 1. The molecule has 4 rings (SSSR count). The maximum atomic E-state index is 10.6. The molecule has 152 valence electrons. The average molecular weight is 384 g/mol. The molecule has 5 nitrogen and oxygen atoms in total. The van der Waals surface area contributed by atoms with Gasteiger partial charge in [0.15, 0.2) is 11.5 Å². The molecule has 5 heteroatoms. The highest BCUT2D eigenvalue weighted by molar-refractivity contribution is 5.96. The van der Waals surface area contributed by atoms with Crippen molar-refractivity contribution in [3.05, 3.63) is 23.4 Å². The summed E-state index contributed by atoms with van der Waals surface area (Å²) in [5, 5.41) is 15.2. The Morgan fingerprint density at radius 2 is 2.04 bits per heavy atom. The molecule has 0 bridgehead atoms. The van der Waals surface area contributed by atoms with Gasteiger partial charge in [-0.25, -0.2) is 0 Å². The van der Waals surface area contributed by atoms with E-state index in [0.29, 0.717) is 24.3 Å². The third-order valence-corrected chi connectivity index (χ3v) is 5.85. The van der Waals surface area contributed by atoms with Crippen molar-refractivity contribution >= 4 is 16.6 Å². The van der Waals surface area contributed by atoms with Gasteiger partial charge in [0.1, 0.15) is 0 Å². The zero-order chi connectivity index (χ0) is 19.7. The minimum Gasteiger partial charge on any atom is -0.504 e. The molecular formula is C23H33N3O2. The first kappa shape index (κ1) is 19.3. The molecule has 1 fully saturated rings. The number of likely N-dealkylation sites (tertiary alicyclic amines) is 1. The number of anilines is 1. The van der Waals surface area contributed by atoms with Crippen LogP contribution in [0.25, 0.3) is 10.9 Å². The minimum absolute atomic E-state index is 0.202. The van der Waals surface area contributed by atoms with Gasteiger partial charge >= 0.3 is 0 Å². The summed E-state index contributed by atoms with van der Waals surface area (Å²) in [4.78, 5) is 7.41. The van der Waals surface area contributed by atoms with E-state index in [1.54, 1.807) is 0 Å². The fraction of sp³-hybridized carbons (Fsp3) is 0.609. The van der Waals surface area contributed by atoms with Gasteiger partial charge in [-0.05, 0) is 76.6 Å². The maximum absolute atomic E-state index is 10.6. The van der Waals surface area contributed by atoms with E-state index in [2.05, 4.69) is 31.0 Å². The van der Waals surface area contributed by atoms with Gasteiger partial charge in [0.25, 0.3) is 0 Å². The summed E-state index contributed by atoms with van der Waals surface area (Å²) in [6.07, 6.45) is 5.67. The minimum atomic E-state index is 0.202. The molecule has 2 heterocycles. The second kappa shape index (κ2) is 8.16. The highest BCUT2D eigenvalue weighted by Gasteiger charge is 2.25. The Kier molecular flexibility index (Phi) is 5.63. The van der Waals surface area contributed by atoms with Crippen LogP contribution in [0.1, 0.15) is 51.3 Å². The number of nitrogens with one attached hydrogen (secondary N) is 1. The molecular weight excluding hydrogens is 350 g/mol. The summed E-state index contributed by atoms with van der Waals surface area (Å²) >= 11 is 0. The molecule has 1 unspecified atom stereocenters. The fourth-order valence-electron chi connectivity index (χ4n) is 4.56. The van der Waals surface area contributed by atoms with Crippen LogP contribution in [0.5, 0.6) is 11.5 Å². The van der Waals surface area contributed by atoms with Crippen molar-refractivity contribution in [2.75, 3.05) is 31.6 Å². The average Bonchev–Trinajstić information content (AvgIpc) is 3.28. The number of fused-ring (bicyclic) bond motifs is 2. The monoisotopic (exact) mass is 383 g/mol. The molecule has 2 aromatic rings. The first-order chi connectivity index (χ1) is 13.5. The maximum Gasteiger partial charge on any atom is 0.163 e. The van der Waals surface area contributed by atoms with Crippen LogP contribution >= 0.6 is 0 Å². The van der Waals surface area contributed by atoms with Crippen molar-refractivity contribution in [3.63, 3.8) is 0 Å². The van der Waals surface area contributed by atoms with Crippen LogP contribution in [0.15, 0.2) is 12.1 Å². The summed E-state index contributed by atoms with van der Waals surface area (Å²) < 4.78 is 5.93. The summed E-state index contributed by atoms with van der Waals surface area (Å²) in [5.41, 5.74) is 4.54. The van der Waals surface area contributed by atoms with Crippen molar-refractivity contribution in [3.8, 4) is 11.5 Å². The van der Waals surface area contributed by atoms with Crippen LogP contribution in [-0.4, -0.2) is 47.3 Å². The van der Waals surface area contributed by atoms with Crippen LogP contribution in [-0.2, 0) is 12.8 Å². The molecule has 1 aromatic heterocycles. The van der Waals surface area contributed by atoms with Crippen molar-refractivity contribution in [2.45, 2.75) is 58.9 Å². The quantitative estimate of drug-likeness (QED) is 0.696. The van der Waals surface area contributed by atoms with Gasteiger partial charge in [-0.3, -0.25) is 4.98 Å². The van der Waals surface area contributed by atoms with E-state index in [1.165, 1.54) is 37.2 Å². The zero-order valence-electron chi connectivity index (χ0n) is 17.4. The number of phenols is 1. The van der Waals surface area contributed by atoms with E-state index in [-0.39, 0.29) is 5.75 Å². The molecule has 0 saturated carbocycles. The zero-order valence-corrected chi connectivity index (χ0v) is 17.4. The Balaban J connectivity index is 1.56. The van der Waals surface area contributed by atoms with Crippen LogP contribution in [0.4, 0.5) is 5.69 Å². The number of nitrogens with zero attached hydrogens (tertiary/aromatic N) is 2. The Bertz CT molecular complexity index is 844. The van der Waals surface area contributed by atoms with Crippen LogP contribution in [0.2, 0.25) is 0 Å². The predicted octanol–water partition coefficient (Wildman–Crippen LogP) is 4.36. The normalized spacial score (nSPS) is 19.5.